The number of hydrogen-bond donors (Lipinski definition) is 0. The second-order valence-electron chi connectivity index (χ2n) is 4.38. The number of hydrogen-bond acceptors (Lipinski definition) is 2. The Morgan fingerprint density at radius 2 is 1.06 bits per heavy atom. The van der Waals surface area contributed by atoms with Crippen LogP contribution in [0.1, 0.15) is 0 Å². The van der Waals surface area contributed by atoms with E-state index in [4.69, 9.17) is 0 Å². The zero-order valence-electron chi connectivity index (χ0n) is 9.67. The Labute approximate surface area is 104 Å². The van der Waals surface area contributed by atoms with Gasteiger partial charge in [0.25, 0.3) is 0 Å². The molecule has 0 saturated carbocycles. The van der Waals surface area contributed by atoms with Gasteiger partial charge < -0.3 is 0 Å². The van der Waals surface area contributed by atoms with Gasteiger partial charge >= 0.3 is 0 Å². The van der Waals surface area contributed by atoms with Crippen LogP contribution >= 0.6 is 0 Å². The van der Waals surface area contributed by atoms with Crippen molar-refractivity contribution in [1.29, 1.82) is 0 Å². The minimum absolute atomic E-state index is 1.04. The van der Waals surface area contributed by atoms with Crippen LogP contribution in [0.4, 0.5) is 0 Å². The van der Waals surface area contributed by atoms with Crippen LogP contribution in [0.3, 0.4) is 0 Å². The first kappa shape index (κ1) is 9.54. The SMILES string of the molecule is c1cnc2c(c1)ccc1c2ccc2cccnc21. The van der Waals surface area contributed by atoms with Crippen molar-refractivity contribution < 1.29 is 0 Å². The molecule has 0 unspecified atom stereocenters. The molecule has 0 saturated heterocycles. The van der Waals surface area contributed by atoms with E-state index >= 15 is 0 Å². The van der Waals surface area contributed by atoms with Gasteiger partial charge in [-0.15, -0.1) is 0 Å². The Morgan fingerprint density at radius 1 is 0.556 bits per heavy atom. The van der Waals surface area contributed by atoms with Gasteiger partial charge in [-0.2, -0.15) is 0 Å². The van der Waals surface area contributed by atoms with E-state index in [0.717, 1.165) is 11.0 Å². The van der Waals surface area contributed by atoms with Crippen molar-refractivity contribution >= 4 is 32.6 Å². The summed E-state index contributed by atoms with van der Waals surface area (Å²) in [4.78, 5) is 8.98. The average Bonchev–Trinajstić information content (AvgIpc) is 2.46. The number of aromatic nitrogens is 2. The Hall–Kier alpha value is -2.48. The molecule has 0 atom stereocenters. The van der Waals surface area contributed by atoms with Crippen LogP contribution in [0.25, 0.3) is 32.6 Å². The van der Waals surface area contributed by atoms with Crippen molar-refractivity contribution in [3.63, 3.8) is 0 Å². The average molecular weight is 230 g/mol. The van der Waals surface area contributed by atoms with Gasteiger partial charge in [0, 0.05) is 33.9 Å². The van der Waals surface area contributed by atoms with E-state index < -0.39 is 0 Å². The molecule has 84 valence electrons. The van der Waals surface area contributed by atoms with Crippen molar-refractivity contribution in [2.75, 3.05) is 0 Å². The van der Waals surface area contributed by atoms with Crippen molar-refractivity contribution in [1.82, 2.24) is 9.97 Å². The fraction of sp³-hybridized carbons (Fsp3) is 0. The lowest BCUT2D eigenvalue weighted by atomic mass is 10.0. The molecule has 18 heavy (non-hydrogen) atoms. The van der Waals surface area contributed by atoms with Crippen LogP contribution in [0.15, 0.2) is 60.9 Å². The maximum Gasteiger partial charge on any atom is 0.0781 e. The topological polar surface area (TPSA) is 25.8 Å². The lowest BCUT2D eigenvalue weighted by molar-refractivity contribution is 1.42. The lowest BCUT2D eigenvalue weighted by Gasteiger charge is -2.05. The van der Waals surface area contributed by atoms with Gasteiger partial charge in [-0.3, -0.25) is 9.97 Å². The fourth-order valence-corrected chi connectivity index (χ4v) is 2.49. The zero-order valence-corrected chi connectivity index (χ0v) is 9.67. The third-order valence-corrected chi connectivity index (χ3v) is 3.34. The highest BCUT2D eigenvalue weighted by molar-refractivity contribution is 6.14. The van der Waals surface area contributed by atoms with E-state index in [2.05, 4.69) is 46.4 Å². The molecule has 0 N–H and O–H groups in total. The molecule has 0 spiro atoms. The summed E-state index contributed by atoms with van der Waals surface area (Å²) in [6.45, 7) is 0. The van der Waals surface area contributed by atoms with Gasteiger partial charge in [-0.05, 0) is 12.1 Å². The molecule has 2 aromatic carbocycles. The van der Waals surface area contributed by atoms with E-state index in [1.54, 1.807) is 0 Å². The highest BCUT2D eigenvalue weighted by atomic mass is 14.7. The largest absolute Gasteiger partial charge is 0.256 e. The zero-order chi connectivity index (χ0) is 11.9. The summed E-state index contributed by atoms with van der Waals surface area (Å²) in [6, 6.07) is 16.6. The molecule has 2 heterocycles. The third-order valence-electron chi connectivity index (χ3n) is 3.34. The van der Waals surface area contributed by atoms with Gasteiger partial charge in [0.15, 0.2) is 0 Å². The first-order valence-corrected chi connectivity index (χ1v) is 5.95. The van der Waals surface area contributed by atoms with Crippen molar-refractivity contribution in [2.45, 2.75) is 0 Å². The number of rotatable bonds is 0. The standard InChI is InChI=1S/C16H10N2/c1-3-11-5-7-14-13(15(11)17-9-1)8-6-12-4-2-10-18-16(12)14/h1-10H. The molecule has 0 amide bonds. The molecular formula is C16H10N2. The van der Waals surface area contributed by atoms with Crippen LogP contribution in [0, 0.1) is 0 Å². The Balaban J connectivity index is 2.31. The van der Waals surface area contributed by atoms with Gasteiger partial charge in [0.1, 0.15) is 0 Å². The van der Waals surface area contributed by atoms with E-state index in [9.17, 15) is 0 Å². The first-order chi connectivity index (χ1) is 8.93. The molecule has 0 aliphatic carbocycles. The normalized spacial score (nSPS) is 11.3. The summed E-state index contributed by atoms with van der Waals surface area (Å²) in [6.07, 6.45) is 3.68. The minimum Gasteiger partial charge on any atom is -0.256 e. The number of fused-ring (bicyclic) bond motifs is 5. The molecule has 0 aliphatic rings. The fourth-order valence-electron chi connectivity index (χ4n) is 2.49. The molecule has 2 nitrogen and oxygen atoms in total. The molecule has 0 bridgehead atoms. The Morgan fingerprint density at radius 3 is 1.56 bits per heavy atom. The van der Waals surface area contributed by atoms with Crippen molar-refractivity contribution in [3.8, 4) is 0 Å². The summed E-state index contributed by atoms with van der Waals surface area (Å²) >= 11 is 0. The van der Waals surface area contributed by atoms with E-state index in [-0.39, 0.29) is 0 Å². The first-order valence-electron chi connectivity index (χ1n) is 5.95. The van der Waals surface area contributed by atoms with Crippen LogP contribution in [-0.2, 0) is 0 Å². The molecule has 4 aromatic rings. The van der Waals surface area contributed by atoms with Gasteiger partial charge in [-0.25, -0.2) is 0 Å². The summed E-state index contributed by atoms with van der Waals surface area (Å²) in [7, 11) is 0. The maximum atomic E-state index is 4.49. The highest BCUT2D eigenvalue weighted by Gasteiger charge is 2.05. The van der Waals surface area contributed by atoms with Crippen molar-refractivity contribution in [3.05, 3.63) is 60.9 Å². The van der Waals surface area contributed by atoms with Gasteiger partial charge in [0.2, 0.25) is 0 Å². The minimum atomic E-state index is 1.04. The van der Waals surface area contributed by atoms with Crippen LogP contribution < -0.4 is 0 Å². The molecule has 0 aliphatic heterocycles. The van der Waals surface area contributed by atoms with Gasteiger partial charge in [-0.1, -0.05) is 36.4 Å². The smallest absolute Gasteiger partial charge is 0.0781 e. The third kappa shape index (κ3) is 1.23. The predicted molar refractivity (Wildman–Crippen MR) is 74.6 cm³/mol. The molecule has 4 rings (SSSR count). The summed E-state index contributed by atoms with van der Waals surface area (Å²) in [5.74, 6) is 0. The maximum absolute atomic E-state index is 4.49. The summed E-state index contributed by atoms with van der Waals surface area (Å²) in [5.41, 5.74) is 2.09. The quantitative estimate of drug-likeness (QED) is 0.428. The van der Waals surface area contributed by atoms with E-state index in [0.29, 0.717) is 0 Å². The monoisotopic (exact) mass is 230 g/mol. The van der Waals surface area contributed by atoms with E-state index in [1.165, 1.54) is 21.5 Å². The molecule has 0 radical (unpaired) electrons. The van der Waals surface area contributed by atoms with Crippen LogP contribution in [0.2, 0.25) is 0 Å². The Kier molecular flexibility index (Phi) is 1.86. The van der Waals surface area contributed by atoms with Crippen LogP contribution in [0.5, 0.6) is 0 Å². The molecular weight excluding hydrogens is 220 g/mol. The second kappa shape index (κ2) is 3.50. The summed E-state index contributed by atoms with van der Waals surface area (Å²) < 4.78 is 0. The molecule has 2 heteroatoms. The van der Waals surface area contributed by atoms with E-state index in [1.807, 2.05) is 24.5 Å². The molecule has 0 fully saturated rings. The number of nitrogens with zero attached hydrogens (tertiary/aromatic N) is 2. The summed E-state index contributed by atoms with van der Waals surface area (Å²) in [5, 5.41) is 4.67. The number of benzene rings is 2. The van der Waals surface area contributed by atoms with Crippen molar-refractivity contribution in [2.24, 2.45) is 0 Å². The van der Waals surface area contributed by atoms with Crippen LogP contribution in [-0.4, -0.2) is 9.97 Å². The lowest BCUT2D eigenvalue weighted by Crippen LogP contribution is -1.84. The highest BCUT2D eigenvalue weighted by Crippen LogP contribution is 2.28. The Bertz CT molecular complexity index is 806. The van der Waals surface area contributed by atoms with Gasteiger partial charge in [0.05, 0.1) is 11.0 Å². The molecule has 2 aromatic heterocycles. The predicted octanol–water partition coefficient (Wildman–Crippen LogP) is 3.94. The number of pyridine rings is 2. The second-order valence-corrected chi connectivity index (χ2v) is 4.38.